The predicted molar refractivity (Wildman–Crippen MR) is 46.3 cm³/mol. The van der Waals surface area contributed by atoms with E-state index in [9.17, 15) is 4.79 Å². The van der Waals surface area contributed by atoms with Gasteiger partial charge >= 0.3 is 0 Å². The van der Waals surface area contributed by atoms with Crippen LogP contribution in [0.1, 0.15) is 20.8 Å². The van der Waals surface area contributed by atoms with Crippen LogP contribution in [0.15, 0.2) is 0 Å². The van der Waals surface area contributed by atoms with Crippen LogP contribution >= 0.6 is 12.6 Å². The van der Waals surface area contributed by atoms with Crippen molar-refractivity contribution >= 4 is 18.4 Å². The summed E-state index contributed by atoms with van der Waals surface area (Å²) in [5.74, 6) is 0.498. The van der Waals surface area contributed by atoms with Crippen molar-refractivity contribution in [2.45, 2.75) is 26.8 Å². The van der Waals surface area contributed by atoms with Gasteiger partial charge in [-0.1, -0.05) is 20.8 Å². The lowest BCUT2D eigenvalue weighted by Gasteiger charge is -2.20. The van der Waals surface area contributed by atoms with Crippen molar-refractivity contribution in [3.05, 3.63) is 0 Å². The van der Waals surface area contributed by atoms with E-state index in [0.29, 0.717) is 5.75 Å². The lowest BCUT2D eigenvalue weighted by atomic mass is 9.87. The first-order chi connectivity index (χ1) is 4.39. The molecule has 2 N–H and O–H groups in total. The summed E-state index contributed by atoms with van der Waals surface area (Å²) in [4.78, 5) is 11.2. The molecule has 0 radical (unpaired) electrons. The summed E-state index contributed by atoms with van der Waals surface area (Å²) in [5.41, 5.74) is 5.15. The Balaban J connectivity index is 4.09. The summed E-state index contributed by atoms with van der Waals surface area (Å²) in [6.07, 6.45) is 0. The summed E-state index contributed by atoms with van der Waals surface area (Å²) < 4.78 is 0. The molecule has 0 aromatic rings. The zero-order chi connectivity index (χ0) is 8.36. The van der Waals surface area contributed by atoms with Crippen molar-refractivity contribution < 1.29 is 4.79 Å². The third-order valence-corrected chi connectivity index (χ3v) is 1.67. The van der Waals surface area contributed by atoms with E-state index in [4.69, 9.17) is 5.73 Å². The second-order valence-electron chi connectivity index (χ2n) is 3.40. The topological polar surface area (TPSA) is 43.1 Å². The molecule has 0 aromatic carbocycles. The Morgan fingerprint density at radius 2 is 2.00 bits per heavy atom. The van der Waals surface area contributed by atoms with E-state index in [-0.39, 0.29) is 11.2 Å². The van der Waals surface area contributed by atoms with Gasteiger partial charge in [0.2, 0.25) is 0 Å². The molecule has 0 bridgehead atoms. The van der Waals surface area contributed by atoms with Gasteiger partial charge in [0.1, 0.15) is 0 Å². The SMILES string of the molecule is CC(C)(C)C(=O)C(N)CS. The Bertz CT molecular complexity index is 128. The fraction of sp³-hybridized carbons (Fsp3) is 0.857. The number of hydrogen-bond donors (Lipinski definition) is 2. The fourth-order valence-corrected chi connectivity index (χ4v) is 0.805. The molecular weight excluding hydrogens is 146 g/mol. The van der Waals surface area contributed by atoms with E-state index in [2.05, 4.69) is 12.6 Å². The maximum Gasteiger partial charge on any atom is 0.155 e. The van der Waals surface area contributed by atoms with Crippen LogP contribution < -0.4 is 5.73 Å². The van der Waals surface area contributed by atoms with Gasteiger partial charge in [-0.2, -0.15) is 12.6 Å². The van der Waals surface area contributed by atoms with Crippen LogP contribution in [0.3, 0.4) is 0 Å². The van der Waals surface area contributed by atoms with Crippen LogP contribution in [0.4, 0.5) is 0 Å². The molecule has 0 aromatic heterocycles. The zero-order valence-electron chi connectivity index (χ0n) is 6.72. The molecule has 10 heavy (non-hydrogen) atoms. The van der Waals surface area contributed by atoms with Crippen LogP contribution in [0.5, 0.6) is 0 Å². The molecule has 0 aliphatic heterocycles. The summed E-state index contributed by atoms with van der Waals surface area (Å²) >= 11 is 3.94. The van der Waals surface area contributed by atoms with E-state index in [1.54, 1.807) is 0 Å². The Morgan fingerprint density at radius 3 is 2.10 bits per heavy atom. The molecule has 60 valence electrons. The van der Waals surface area contributed by atoms with E-state index < -0.39 is 6.04 Å². The molecule has 3 heteroatoms. The van der Waals surface area contributed by atoms with Gasteiger partial charge < -0.3 is 5.73 Å². The average molecular weight is 161 g/mol. The zero-order valence-corrected chi connectivity index (χ0v) is 7.61. The first-order valence-corrected chi connectivity index (χ1v) is 3.93. The largest absolute Gasteiger partial charge is 0.321 e. The highest BCUT2D eigenvalue weighted by atomic mass is 32.1. The van der Waals surface area contributed by atoms with E-state index in [1.165, 1.54) is 0 Å². The second kappa shape index (κ2) is 3.39. The number of rotatable bonds is 2. The molecule has 1 unspecified atom stereocenters. The highest BCUT2D eigenvalue weighted by Crippen LogP contribution is 2.16. The average Bonchev–Trinajstić information content (AvgIpc) is 1.83. The third-order valence-electron chi connectivity index (χ3n) is 1.27. The minimum atomic E-state index is -0.414. The molecule has 1 atom stereocenters. The van der Waals surface area contributed by atoms with Gasteiger partial charge in [0.05, 0.1) is 6.04 Å². The van der Waals surface area contributed by atoms with Crippen molar-refractivity contribution in [2.75, 3.05) is 5.75 Å². The van der Waals surface area contributed by atoms with Gasteiger partial charge in [-0.15, -0.1) is 0 Å². The smallest absolute Gasteiger partial charge is 0.155 e. The molecule has 0 heterocycles. The molecule has 0 rings (SSSR count). The molecule has 0 aliphatic rings. The summed E-state index contributed by atoms with van der Waals surface area (Å²) in [6.45, 7) is 5.58. The molecule has 0 fully saturated rings. The highest BCUT2D eigenvalue weighted by Gasteiger charge is 2.25. The van der Waals surface area contributed by atoms with Crippen molar-refractivity contribution in [1.82, 2.24) is 0 Å². The molecule has 0 aliphatic carbocycles. The second-order valence-corrected chi connectivity index (χ2v) is 3.77. The molecular formula is C7H15NOS. The Kier molecular flexibility index (Phi) is 3.39. The fourth-order valence-electron chi connectivity index (χ4n) is 0.639. The lowest BCUT2D eigenvalue weighted by molar-refractivity contribution is -0.127. The monoisotopic (exact) mass is 161 g/mol. The summed E-state index contributed by atoms with van der Waals surface area (Å²) in [5, 5.41) is 0. The summed E-state index contributed by atoms with van der Waals surface area (Å²) in [6, 6.07) is -0.414. The predicted octanol–water partition coefficient (Wildman–Crippen LogP) is 0.859. The first kappa shape index (κ1) is 9.98. The molecule has 0 spiro atoms. The molecule has 0 saturated heterocycles. The van der Waals surface area contributed by atoms with Crippen molar-refractivity contribution in [3.8, 4) is 0 Å². The van der Waals surface area contributed by atoms with E-state index in [0.717, 1.165) is 0 Å². The number of Topliss-reactive ketones (excluding diaryl/α,β-unsaturated/α-hetero) is 1. The third kappa shape index (κ3) is 2.71. The van der Waals surface area contributed by atoms with Crippen LogP contribution in [0.2, 0.25) is 0 Å². The van der Waals surface area contributed by atoms with Gasteiger partial charge in [-0.25, -0.2) is 0 Å². The van der Waals surface area contributed by atoms with Gasteiger partial charge in [-0.05, 0) is 0 Å². The van der Waals surface area contributed by atoms with Gasteiger partial charge in [0.15, 0.2) is 5.78 Å². The minimum absolute atomic E-state index is 0.0718. The van der Waals surface area contributed by atoms with Gasteiger partial charge in [0, 0.05) is 11.2 Å². The van der Waals surface area contributed by atoms with E-state index >= 15 is 0 Å². The maximum atomic E-state index is 11.2. The van der Waals surface area contributed by atoms with Crippen LogP contribution in [0, 0.1) is 5.41 Å². The molecule has 0 saturated carbocycles. The minimum Gasteiger partial charge on any atom is -0.321 e. The number of carbonyl (C=O) groups excluding carboxylic acids is 1. The van der Waals surface area contributed by atoms with Crippen molar-refractivity contribution in [2.24, 2.45) is 11.1 Å². The maximum absolute atomic E-state index is 11.2. The molecule has 0 amide bonds. The number of thiol groups is 1. The van der Waals surface area contributed by atoms with Gasteiger partial charge in [0.25, 0.3) is 0 Å². The van der Waals surface area contributed by atoms with Gasteiger partial charge in [-0.3, -0.25) is 4.79 Å². The number of hydrogen-bond acceptors (Lipinski definition) is 3. The number of nitrogens with two attached hydrogens (primary N) is 1. The number of carbonyl (C=O) groups is 1. The Morgan fingerprint density at radius 1 is 1.60 bits per heavy atom. The van der Waals surface area contributed by atoms with Crippen LogP contribution in [-0.4, -0.2) is 17.6 Å². The summed E-state index contributed by atoms with van der Waals surface area (Å²) in [7, 11) is 0. The molecule has 2 nitrogen and oxygen atoms in total. The van der Waals surface area contributed by atoms with Crippen LogP contribution in [-0.2, 0) is 4.79 Å². The van der Waals surface area contributed by atoms with Crippen LogP contribution in [0.25, 0.3) is 0 Å². The van der Waals surface area contributed by atoms with E-state index in [1.807, 2.05) is 20.8 Å². The van der Waals surface area contributed by atoms with Crippen molar-refractivity contribution in [3.63, 3.8) is 0 Å². The lowest BCUT2D eigenvalue weighted by Crippen LogP contribution is -2.40. The Hall–Kier alpha value is -0.0200. The van der Waals surface area contributed by atoms with Crippen molar-refractivity contribution in [1.29, 1.82) is 0 Å². The standard InChI is InChI=1S/C7H15NOS/c1-7(2,3)6(9)5(8)4-10/h5,10H,4,8H2,1-3H3. The quantitative estimate of drug-likeness (QED) is 0.590. The number of ketones is 1. The first-order valence-electron chi connectivity index (χ1n) is 3.30. The Labute approximate surface area is 67.6 Å². The normalized spacial score (nSPS) is 14.9. The highest BCUT2D eigenvalue weighted by molar-refractivity contribution is 7.80.